The number of carbonyl (C=O) groups excluding carboxylic acids is 12. The highest BCUT2D eigenvalue weighted by Gasteiger charge is 2.45. The van der Waals surface area contributed by atoms with Crippen LogP contribution in [0.1, 0.15) is 448 Å². The number of allylic oxidation sites excluding steroid dienone is 4. The van der Waals surface area contributed by atoms with Crippen LogP contribution in [0, 0.1) is 47.3 Å². The zero-order valence-corrected chi connectivity index (χ0v) is 75.9. The van der Waals surface area contributed by atoms with Crippen LogP contribution in [0.4, 0.5) is 35.1 Å². The van der Waals surface area contributed by atoms with Gasteiger partial charge in [-0.05, 0) is 200 Å². The lowest BCUT2D eigenvalue weighted by Crippen LogP contribution is -2.30. The number of unbranched alkanes of at least 4 members (excludes halogenated alkanes) is 20. The highest BCUT2D eigenvalue weighted by molar-refractivity contribution is 5.95. The summed E-state index contributed by atoms with van der Waals surface area (Å²) in [5, 5.41) is 10.2. The standard InChI is InChI=1S/C24H40F2O5.C24H40F2O4.2C24H38F2O4.5CH4/c1-4-5-10-15-24(25,26)22(29)14-13-19-18(20(27)16-21(19)28)11-8-6-7-9-12-23(30)31-17(2)3;3*1-4-5-10-17-24(25,26)22(28)16-14-19-13-15-21(27)20(19)11-8-6-7-9-12-23(29)30-18(2)3;;;;;/h17-19,21,28H,4-16H2,1-3H3;18-20H,4-17H2,1-3H3;2*13,15,18-20H,4-12,14,16-17H2,1-3H3;5*1H4/t18-,19-,21-;3*19-,20-;;;;;/m1111...../s1. The highest BCUT2D eigenvalue weighted by atomic mass is 19.3. The molecule has 0 saturated heterocycles. The molecule has 1 N–H and O–H groups in total. The van der Waals surface area contributed by atoms with E-state index < -0.39 is 65.3 Å². The number of aliphatic hydroxyl groups is 1. The van der Waals surface area contributed by atoms with Gasteiger partial charge in [-0.3, -0.25) is 57.5 Å². The van der Waals surface area contributed by atoms with Crippen LogP contribution < -0.4 is 0 Å². The molecular weight excluding hydrogens is 1640 g/mol. The van der Waals surface area contributed by atoms with Gasteiger partial charge in [0.25, 0.3) is 0 Å². The molecule has 2 saturated carbocycles. The Hall–Kier alpha value is -5.88. The summed E-state index contributed by atoms with van der Waals surface area (Å²) in [5.74, 6) is -19.2. The summed E-state index contributed by atoms with van der Waals surface area (Å²) in [6, 6.07) is 0. The van der Waals surface area contributed by atoms with E-state index in [2.05, 4.69) is 0 Å². The van der Waals surface area contributed by atoms with E-state index in [0.29, 0.717) is 128 Å². The molecule has 0 aromatic carbocycles. The Labute approximate surface area is 756 Å². The van der Waals surface area contributed by atoms with E-state index in [1.807, 2.05) is 83.1 Å². The quantitative estimate of drug-likeness (QED) is 0.0257. The summed E-state index contributed by atoms with van der Waals surface area (Å²) in [4.78, 5) is 143. The van der Waals surface area contributed by atoms with Gasteiger partial charge in [-0.25, -0.2) is 0 Å². The van der Waals surface area contributed by atoms with Gasteiger partial charge in [0.05, 0.1) is 30.5 Å². The number of Topliss-reactive ketones (excluding diaryl/α,β-unsaturated/α-hetero) is 6. The van der Waals surface area contributed by atoms with E-state index in [9.17, 15) is 97.8 Å². The number of esters is 4. The molecule has 0 unspecified atom stereocenters. The summed E-state index contributed by atoms with van der Waals surface area (Å²) in [6.45, 7) is 22.3. The monoisotopic (exact) mass is 1810 g/mol. The first kappa shape index (κ1) is 129. The number of aliphatic hydroxyl groups excluding tert-OH is 1. The molecule has 2 fully saturated rings. The Balaban J connectivity index is -0.000000510. The number of hydrogen-bond donors (Lipinski definition) is 1. The molecule has 4 rings (SSSR count). The van der Waals surface area contributed by atoms with Gasteiger partial charge >= 0.3 is 47.6 Å². The largest absolute Gasteiger partial charge is 0.463 e. The maximum Gasteiger partial charge on any atom is 0.306 e. The van der Waals surface area contributed by atoms with Crippen molar-refractivity contribution < 1.29 is 117 Å². The fourth-order valence-corrected chi connectivity index (χ4v) is 16.3. The third kappa shape index (κ3) is 56.6. The second kappa shape index (κ2) is 71.8. The Kier molecular flexibility index (Phi) is 73.3. The van der Waals surface area contributed by atoms with Crippen LogP contribution in [0.3, 0.4) is 0 Å². The maximum atomic E-state index is 14.0. The number of halogens is 8. The van der Waals surface area contributed by atoms with Crippen LogP contribution in [0.15, 0.2) is 24.3 Å². The molecule has 0 aromatic rings. The molecule has 0 radical (unpaired) electrons. The molecule has 0 bridgehead atoms. The number of alkyl halides is 8. The van der Waals surface area contributed by atoms with Gasteiger partial charge in [0.1, 0.15) is 11.6 Å². The molecule has 738 valence electrons. The van der Waals surface area contributed by atoms with Crippen molar-refractivity contribution in [1.82, 2.24) is 0 Å². The van der Waals surface area contributed by atoms with Crippen molar-refractivity contribution in [3.05, 3.63) is 24.3 Å². The molecule has 4 aliphatic carbocycles. The van der Waals surface area contributed by atoms with Crippen molar-refractivity contribution >= 4 is 70.1 Å². The normalized spacial score (nSPS) is 19.0. The molecule has 9 atom stereocenters. The number of ketones is 8. The number of rotatable bonds is 64. The van der Waals surface area contributed by atoms with Crippen LogP contribution in [-0.2, 0) is 76.5 Å². The zero-order chi connectivity index (χ0) is 91.2. The van der Waals surface area contributed by atoms with E-state index in [0.717, 1.165) is 135 Å². The van der Waals surface area contributed by atoms with Crippen LogP contribution in [0.2, 0.25) is 0 Å². The Bertz CT molecular complexity index is 2940. The lowest BCUT2D eigenvalue weighted by atomic mass is 9.85. The Morgan fingerprint density at radius 3 is 0.881 bits per heavy atom. The minimum absolute atomic E-state index is 0. The van der Waals surface area contributed by atoms with Crippen LogP contribution in [-0.4, -0.2) is 129 Å². The van der Waals surface area contributed by atoms with Gasteiger partial charge in [0, 0.05) is 114 Å². The lowest BCUT2D eigenvalue weighted by Gasteiger charge is -2.22. The van der Waals surface area contributed by atoms with Crippen molar-refractivity contribution in [1.29, 1.82) is 0 Å². The smallest absolute Gasteiger partial charge is 0.306 e. The minimum atomic E-state index is -3.32. The first-order valence-corrected chi connectivity index (χ1v) is 46.7. The van der Waals surface area contributed by atoms with E-state index in [4.69, 9.17) is 18.9 Å². The maximum absolute atomic E-state index is 14.0. The van der Waals surface area contributed by atoms with Gasteiger partial charge in [-0.15, -0.1) is 0 Å². The van der Waals surface area contributed by atoms with Gasteiger partial charge in [0.15, 0.2) is 11.6 Å². The molecular formula is C101H176F8O17. The van der Waals surface area contributed by atoms with Crippen LogP contribution in [0.5, 0.6) is 0 Å². The number of hydrogen-bond acceptors (Lipinski definition) is 17. The van der Waals surface area contributed by atoms with E-state index in [1.165, 1.54) is 12.2 Å². The van der Waals surface area contributed by atoms with Crippen molar-refractivity contribution in [3.63, 3.8) is 0 Å². The highest BCUT2D eigenvalue weighted by Crippen LogP contribution is 2.41. The predicted octanol–water partition coefficient (Wildman–Crippen LogP) is 27.5. The fourth-order valence-electron chi connectivity index (χ4n) is 16.3. The second-order valence-electron chi connectivity index (χ2n) is 35.4. The lowest BCUT2D eigenvalue weighted by molar-refractivity contribution is -0.148. The Morgan fingerprint density at radius 2 is 0.595 bits per heavy atom. The summed E-state index contributed by atoms with van der Waals surface area (Å²) in [7, 11) is 0. The molecule has 25 heteroatoms. The topological polar surface area (TPSA) is 262 Å². The average Bonchev–Trinajstić information content (AvgIpc) is 1.69. The van der Waals surface area contributed by atoms with E-state index >= 15 is 0 Å². The molecule has 0 aliphatic heterocycles. The van der Waals surface area contributed by atoms with Crippen molar-refractivity contribution in [3.8, 4) is 0 Å². The fraction of sp³-hybridized carbons (Fsp3) is 0.842. The second-order valence-corrected chi connectivity index (χ2v) is 35.4. The molecule has 0 spiro atoms. The molecule has 126 heavy (non-hydrogen) atoms. The van der Waals surface area contributed by atoms with Crippen molar-refractivity contribution in [2.45, 2.75) is 502 Å². The van der Waals surface area contributed by atoms with E-state index in [1.54, 1.807) is 12.2 Å². The first-order valence-electron chi connectivity index (χ1n) is 46.7. The summed E-state index contributed by atoms with van der Waals surface area (Å²) >= 11 is 0. The van der Waals surface area contributed by atoms with Gasteiger partial charge < -0.3 is 24.1 Å². The predicted molar refractivity (Wildman–Crippen MR) is 489 cm³/mol. The number of ether oxygens (including phenoxy) is 4. The van der Waals surface area contributed by atoms with Crippen LogP contribution in [0.25, 0.3) is 0 Å². The zero-order valence-electron chi connectivity index (χ0n) is 75.9. The van der Waals surface area contributed by atoms with Gasteiger partial charge in [-0.2, -0.15) is 35.1 Å². The summed E-state index contributed by atoms with van der Waals surface area (Å²) < 4.78 is 132. The third-order valence-electron chi connectivity index (χ3n) is 23.3. The van der Waals surface area contributed by atoms with E-state index in [-0.39, 0.29) is 208 Å². The summed E-state index contributed by atoms with van der Waals surface area (Å²) in [5.41, 5.74) is 0. The molecule has 4 aliphatic rings. The molecule has 0 aromatic heterocycles. The summed E-state index contributed by atoms with van der Waals surface area (Å²) in [6.07, 6.45) is 30.6. The van der Waals surface area contributed by atoms with Crippen LogP contribution >= 0.6 is 0 Å². The Morgan fingerprint density at radius 1 is 0.333 bits per heavy atom. The van der Waals surface area contributed by atoms with Crippen molar-refractivity contribution in [2.24, 2.45) is 47.3 Å². The third-order valence-corrected chi connectivity index (χ3v) is 23.3. The molecule has 17 nitrogen and oxygen atoms in total. The first-order chi connectivity index (χ1) is 57.1. The van der Waals surface area contributed by atoms with Crippen molar-refractivity contribution in [2.75, 3.05) is 0 Å². The number of carbonyl (C=O) groups is 12. The van der Waals surface area contributed by atoms with Gasteiger partial charge in [0.2, 0.25) is 23.1 Å². The molecule has 0 amide bonds. The average molecular weight is 1810 g/mol. The minimum Gasteiger partial charge on any atom is -0.463 e. The SMILES string of the molecule is C.C.C.C.C.CCCCCC(F)(F)C(=O)CC[C@H]1C=CC(=O)[C@@H]1CCCCCCC(=O)OC(C)C.CCCCCC(F)(F)C(=O)CC[C@H]1C=CC(=O)[C@@H]1CCCCCCC(=O)OC(C)C.CCCCCC(F)(F)C(=O)CC[C@H]1CCC(=O)[C@@H]1CCCCCCC(=O)OC(C)C.CCCCCC(F)(F)C(=O)CC[C@H]1[C@H](O)CC(=O)[C@@H]1CCCCCCC(=O)OC(C)C. The molecule has 0 heterocycles. The van der Waals surface area contributed by atoms with Gasteiger partial charge in [-0.1, -0.05) is 205 Å².